The van der Waals surface area contributed by atoms with E-state index < -0.39 is 0 Å². The minimum Gasteiger partial charge on any atom is -0.371 e. The maximum absolute atomic E-state index is 3.62. The smallest absolute Gasteiger partial charge is 0.0369 e. The maximum Gasteiger partial charge on any atom is 0.0369 e. The molecule has 2 heteroatoms. The third-order valence-electron chi connectivity index (χ3n) is 5.46. The molecule has 2 atom stereocenters. The van der Waals surface area contributed by atoms with Crippen LogP contribution in [0.2, 0.25) is 0 Å². The Morgan fingerprint density at radius 2 is 1.90 bits per heavy atom. The van der Waals surface area contributed by atoms with Crippen molar-refractivity contribution in [3.05, 3.63) is 29.3 Å². The summed E-state index contributed by atoms with van der Waals surface area (Å²) in [4.78, 5) is 2.52. The Morgan fingerprint density at radius 3 is 2.57 bits per heavy atom. The molecule has 2 saturated carbocycles. The van der Waals surface area contributed by atoms with Gasteiger partial charge in [-0.2, -0.15) is 0 Å². The number of hydrogen-bond acceptors (Lipinski definition) is 2. The van der Waals surface area contributed by atoms with Gasteiger partial charge in [0.15, 0.2) is 0 Å². The van der Waals surface area contributed by atoms with Crippen molar-refractivity contribution in [1.82, 2.24) is 5.32 Å². The third kappa shape index (κ3) is 3.60. The number of anilines is 1. The Hall–Kier alpha value is -1.02. The van der Waals surface area contributed by atoms with Crippen molar-refractivity contribution in [3.63, 3.8) is 0 Å². The molecule has 0 heterocycles. The first-order valence-electron chi connectivity index (χ1n) is 8.71. The molecular formula is C19H30N2. The molecule has 21 heavy (non-hydrogen) atoms. The molecular weight excluding hydrogens is 256 g/mol. The van der Waals surface area contributed by atoms with Gasteiger partial charge in [-0.1, -0.05) is 25.8 Å². The summed E-state index contributed by atoms with van der Waals surface area (Å²) < 4.78 is 0. The summed E-state index contributed by atoms with van der Waals surface area (Å²) in [6.07, 6.45) is 8.26. The van der Waals surface area contributed by atoms with Crippen molar-refractivity contribution in [2.24, 2.45) is 5.92 Å². The molecule has 0 bridgehead atoms. The molecule has 0 saturated heterocycles. The SMILES string of the molecule is Cc1cc(N(C)C2CCCCC2C)ccc1CNC1CC1. The fourth-order valence-electron chi connectivity index (χ4n) is 3.70. The Balaban J connectivity index is 1.67. The van der Waals surface area contributed by atoms with E-state index in [1.165, 1.54) is 55.3 Å². The highest BCUT2D eigenvalue weighted by atomic mass is 15.1. The fraction of sp³-hybridized carbons (Fsp3) is 0.684. The fourth-order valence-corrected chi connectivity index (χ4v) is 3.70. The zero-order valence-electron chi connectivity index (χ0n) is 13.9. The van der Waals surface area contributed by atoms with Gasteiger partial charge in [0, 0.05) is 31.4 Å². The molecule has 0 aliphatic heterocycles. The van der Waals surface area contributed by atoms with E-state index in [0.717, 1.165) is 18.5 Å². The zero-order valence-corrected chi connectivity index (χ0v) is 13.9. The van der Waals surface area contributed by atoms with E-state index in [1.54, 1.807) is 0 Å². The predicted octanol–water partition coefficient (Wildman–Crippen LogP) is 4.26. The Labute approximate surface area is 129 Å². The van der Waals surface area contributed by atoms with Gasteiger partial charge in [-0.05, 0) is 61.8 Å². The molecule has 0 aromatic heterocycles. The minimum absolute atomic E-state index is 0.716. The van der Waals surface area contributed by atoms with E-state index in [2.05, 4.69) is 49.3 Å². The van der Waals surface area contributed by atoms with Crippen LogP contribution in [0, 0.1) is 12.8 Å². The second-order valence-corrected chi connectivity index (χ2v) is 7.21. The normalized spacial score (nSPS) is 25.9. The van der Waals surface area contributed by atoms with Gasteiger partial charge in [-0.3, -0.25) is 0 Å². The lowest BCUT2D eigenvalue weighted by atomic mass is 9.85. The number of hydrogen-bond donors (Lipinski definition) is 1. The van der Waals surface area contributed by atoms with Crippen LogP contribution in [0.3, 0.4) is 0 Å². The quantitative estimate of drug-likeness (QED) is 0.870. The van der Waals surface area contributed by atoms with Gasteiger partial charge in [0.2, 0.25) is 0 Å². The molecule has 0 amide bonds. The van der Waals surface area contributed by atoms with Crippen LogP contribution in [0.5, 0.6) is 0 Å². The summed E-state index contributed by atoms with van der Waals surface area (Å²) in [7, 11) is 2.28. The van der Waals surface area contributed by atoms with Crippen molar-refractivity contribution >= 4 is 5.69 Å². The van der Waals surface area contributed by atoms with E-state index in [0.29, 0.717) is 6.04 Å². The summed E-state index contributed by atoms with van der Waals surface area (Å²) >= 11 is 0. The Kier molecular flexibility index (Phi) is 4.54. The van der Waals surface area contributed by atoms with Gasteiger partial charge >= 0.3 is 0 Å². The predicted molar refractivity (Wildman–Crippen MR) is 90.9 cm³/mol. The molecule has 2 nitrogen and oxygen atoms in total. The van der Waals surface area contributed by atoms with Crippen LogP contribution in [0.4, 0.5) is 5.69 Å². The third-order valence-corrected chi connectivity index (χ3v) is 5.46. The lowest BCUT2D eigenvalue weighted by molar-refractivity contribution is 0.321. The molecule has 2 aliphatic carbocycles. The van der Waals surface area contributed by atoms with Gasteiger partial charge < -0.3 is 10.2 Å². The standard InChI is InChI=1S/C19H30N2/c1-14-6-4-5-7-19(14)21(3)18-11-8-16(15(2)12-18)13-20-17-9-10-17/h8,11-12,14,17,19-20H,4-7,9-10,13H2,1-3H3. The Morgan fingerprint density at radius 1 is 1.14 bits per heavy atom. The highest BCUT2D eigenvalue weighted by Crippen LogP contribution is 2.31. The van der Waals surface area contributed by atoms with Crippen LogP contribution in [0.25, 0.3) is 0 Å². The molecule has 0 radical (unpaired) electrons. The average molecular weight is 286 g/mol. The topological polar surface area (TPSA) is 15.3 Å². The molecule has 2 fully saturated rings. The van der Waals surface area contributed by atoms with Crippen molar-refractivity contribution < 1.29 is 0 Å². The van der Waals surface area contributed by atoms with Crippen molar-refractivity contribution in [1.29, 1.82) is 0 Å². The average Bonchev–Trinajstić information content (AvgIpc) is 3.30. The molecule has 2 aliphatic rings. The van der Waals surface area contributed by atoms with Crippen LogP contribution in [0.15, 0.2) is 18.2 Å². The monoisotopic (exact) mass is 286 g/mol. The second-order valence-electron chi connectivity index (χ2n) is 7.21. The number of nitrogens with zero attached hydrogens (tertiary/aromatic N) is 1. The summed E-state index contributed by atoms with van der Waals surface area (Å²) in [6, 6.07) is 8.52. The zero-order chi connectivity index (χ0) is 14.8. The van der Waals surface area contributed by atoms with Crippen LogP contribution < -0.4 is 10.2 Å². The van der Waals surface area contributed by atoms with Crippen LogP contribution in [-0.2, 0) is 6.54 Å². The summed E-state index contributed by atoms with van der Waals surface area (Å²) in [5, 5.41) is 3.62. The van der Waals surface area contributed by atoms with E-state index in [-0.39, 0.29) is 0 Å². The molecule has 1 aromatic carbocycles. The lowest BCUT2D eigenvalue weighted by Gasteiger charge is -2.38. The molecule has 1 aromatic rings. The second kappa shape index (κ2) is 6.39. The highest BCUT2D eigenvalue weighted by Gasteiger charge is 2.25. The largest absolute Gasteiger partial charge is 0.371 e. The van der Waals surface area contributed by atoms with Crippen LogP contribution in [0.1, 0.15) is 56.6 Å². The van der Waals surface area contributed by atoms with E-state index in [9.17, 15) is 0 Å². The summed E-state index contributed by atoms with van der Waals surface area (Å²) in [5.41, 5.74) is 4.27. The minimum atomic E-state index is 0.716. The maximum atomic E-state index is 3.62. The van der Waals surface area contributed by atoms with Crippen LogP contribution >= 0.6 is 0 Å². The number of rotatable bonds is 5. The number of benzene rings is 1. The van der Waals surface area contributed by atoms with E-state index >= 15 is 0 Å². The molecule has 1 N–H and O–H groups in total. The lowest BCUT2D eigenvalue weighted by Crippen LogP contribution is -2.39. The molecule has 116 valence electrons. The number of nitrogens with one attached hydrogen (secondary N) is 1. The Bertz CT molecular complexity index is 478. The van der Waals surface area contributed by atoms with E-state index in [1.807, 2.05) is 0 Å². The molecule has 0 spiro atoms. The van der Waals surface area contributed by atoms with E-state index in [4.69, 9.17) is 0 Å². The van der Waals surface area contributed by atoms with Crippen molar-refractivity contribution in [3.8, 4) is 0 Å². The van der Waals surface area contributed by atoms with Crippen LogP contribution in [-0.4, -0.2) is 19.1 Å². The first-order chi connectivity index (χ1) is 10.1. The van der Waals surface area contributed by atoms with Gasteiger partial charge in [0.1, 0.15) is 0 Å². The summed E-state index contributed by atoms with van der Waals surface area (Å²) in [5.74, 6) is 0.820. The van der Waals surface area contributed by atoms with Gasteiger partial charge in [0.05, 0.1) is 0 Å². The molecule has 3 rings (SSSR count). The number of aryl methyl sites for hydroxylation is 1. The summed E-state index contributed by atoms with van der Waals surface area (Å²) in [6.45, 7) is 5.70. The molecule has 2 unspecified atom stereocenters. The first kappa shape index (κ1) is 14.9. The van der Waals surface area contributed by atoms with Crippen molar-refractivity contribution in [2.75, 3.05) is 11.9 Å². The van der Waals surface area contributed by atoms with Gasteiger partial charge in [0.25, 0.3) is 0 Å². The first-order valence-corrected chi connectivity index (χ1v) is 8.71. The highest BCUT2D eigenvalue weighted by molar-refractivity contribution is 5.51. The van der Waals surface area contributed by atoms with Gasteiger partial charge in [-0.15, -0.1) is 0 Å². The van der Waals surface area contributed by atoms with Crippen molar-refractivity contribution in [2.45, 2.75) is 71.0 Å². The van der Waals surface area contributed by atoms with Gasteiger partial charge in [-0.25, -0.2) is 0 Å².